The Balaban J connectivity index is 2.92. The minimum absolute atomic E-state index is 0.862. The third-order valence-electron chi connectivity index (χ3n) is 2.04. The highest BCUT2D eigenvalue weighted by Gasteiger charge is 2.02. The zero-order valence-corrected chi connectivity index (χ0v) is 7.75. The molecule has 0 aromatic heterocycles. The molecule has 1 nitrogen and oxygen atoms in total. The number of hydrogen-bond donors (Lipinski definition) is 0. The molecule has 0 amide bonds. The number of anilines is 1. The van der Waals surface area contributed by atoms with Gasteiger partial charge in [0.15, 0.2) is 0 Å². The van der Waals surface area contributed by atoms with Gasteiger partial charge in [-0.25, -0.2) is 0 Å². The highest BCUT2D eigenvalue weighted by Crippen LogP contribution is 2.08. The van der Waals surface area contributed by atoms with Gasteiger partial charge in [-0.15, -0.1) is 0 Å². The molecule has 0 aliphatic heterocycles. The lowest BCUT2D eigenvalue weighted by Crippen LogP contribution is -2.27. The maximum Gasteiger partial charge on any atom is 0.116 e. The molecule has 2 heteroatoms. The molecule has 0 bridgehead atoms. The summed E-state index contributed by atoms with van der Waals surface area (Å²) in [5, 5.41) is 0. The van der Waals surface area contributed by atoms with Crippen LogP contribution in [0.3, 0.4) is 0 Å². The minimum atomic E-state index is 0.862. The molecule has 0 saturated carbocycles. The quantitative estimate of drug-likeness (QED) is 0.601. The molecule has 0 aliphatic carbocycles. The summed E-state index contributed by atoms with van der Waals surface area (Å²) in [4.78, 5) is 2.25. The maximum absolute atomic E-state index is 5.83. The van der Waals surface area contributed by atoms with Gasteiger partial charge in [-0.1, -0.05) is 23.7 Å². The Labute approximate surface area is 75.8 Å². The number of para-hydroxylation sites is 1. The smallest absolute Gasteiger partial charge is 0.116 e. The fourth-order valence-electron chi connectivity index (χ4n) is 1.34. The number of hydrogen-bond acceptors (Lipinski definition) is 1. The van der Waals surface area contributed by atoms with Crippen LogP contribution in [0.5, 0.6) is 0 Å². The Morgan fingerprint density at radius 3 is 2.25 bits per heavy atom. The standard InChI is InChI=1S/C10H14BN/c1-3-12(4-2)10-8-6-5-7-9(10)11/h5-8H,3-4H2,1-2H3. The van der Waals surface area contributed by atoms with E-state index in [9.17, 15) is 0 Å². The fraction of sp³-hybridized carbons (Fsp3) is 0.400. The van der Waals surface area contributed by atoms with Gasteiger partial charge in [0.25, 0.3) is 0 Å². The summed E-state index contributed by atoms with van der Waals surface area (Å²) in [7, 11) is 5.83. The molecule has 62 valence electrons. The SMILES string of the molecule is [B]c1ccccc1N(CC)CC. The van der Waals surface area contributed by atoms with E-state index in [1.54, 1.807) is 0 Å². The molecular formula is C10H14BN. The van der Waals surface area contributed by atoms with E-state index < -0.39 is 0 Å². The molecule has 2 radical (unpaired) electrons. The molecule has 0 heterocycles. The van der Waals surface area contributed by atoms with E-state index in [0.717, 1.165) is 24.2 Å². The average Bonchev–Trinajstić information content (AvgIpc) is 2.10. The van der Waals surface area contributed by atoms with Crippen LogP contribution in [-0.4, -0.2) is 20.9 Å². The number of rotatable bonds is 3. The molecule has 0 N–H and O–H groups in total. The van der Waals surface area contributed by atoms with Gasteiger partial charge in [0.05, 0.1) is 0 Å². The molecule has 1 aromatic carbocycles. The van der Waals surface area contributed by atoms with E-state index in [0.29, 0.717) is 0 Å². The second kappa shape index (κ2) is 4.20. The topological polar surface area (TPSA) is 3.24 Å². The molecule has 0 saturated heterocycles. The van der Waals surface area contributed by atoms with Crippen molar-refractivity contribution >= 4 is 19.0 Å². The van der Waals surface area contributed by atoms with Gasteiger partial charge >= 0.3 is 0 Å². The molecular weight excluding hydrogens is 145 g/mol. The van der Waals surface area contributed by atoms with E-state index in [4.69, 9.17) is 7.85 Å². The molecule has 12 heavy (non-hydrogen) atoms. The van der Waals surface area contributed by atoms with Crippen LogP contribution in [0.2, 0.25) is 0 Å². The van der Waals surface area contributed by atoms with Crippen molar-refractivity contribution in [2.24, 2.45) is 0 Å². The van der Waals surface area contributed by atoms with Gasteiger partial charge in [0.1, 0.15) is 7.85 Å². The Bertz CT molecular complexity index is 243. The van der Waals surface area contributed by atoms with E-state index >= 15 is 0 Å². The predicted octanol–water partition coefficient (Wildman–Crippen LogP) is 1.33. The van der Waals surface area contributed by atoms with Crippen molar-refractivity contribution in [2.45, 2.75) is 13.8 Å². The largest absolute Gasteiger partial charge is 0.373 e. The third-order valence-corrected chi connectivity index (χ3v) is 2.04. The summed E-state index contributed by atoms with van der Waals surface area (Å²) in [5.41, 5.74) is 2.00. The van der Waals surface area contributed by atoms with E-state index in [-0.39, 0.29) is 0 Å². The van der Waals surface area contributed by atoms with Crippen molar-refractivity contribution in [1.82, 2.24) is 0 Å². The van der Waals surface area contributed by atoms with Gasteiger partial charge < -0.3 is 4.90 Å². The number of nitrogens with zero attached hydrogens (tertiary/aromatic N) is 1. The first-order chi connectivity index (χ1) is 5.79. The monoisotopic (exact) mass is 159 g/mol. The Morgan fingerprint density at radius 1 is 1.17 bits per heavy atom. The van der Waals surface area contributed by atoms with Crippen LogP contribution >= 0.6 is 0 Å². The molecule has 0 aliphatic rings. The van der Waals surface area contributed by atoms with Gasteiger partial charge in [-0.05, 0) is 19.9 Å². The van der Waals surface area contributed by atoms with Crippen LogP contribution in [0, 0.1) is 0 Å². The zero-order valence-electron chi connectivity index (χ0n) is 7.75. The zero-order chi connectivity index (χ0) is 8.97. The van der Waals surface area contributed by atoms with Crippen LogP contribution in [0.25, 0.3) is 0 Å². The summed E-state index contributed by atoms with van der Waals surface area (Å²) in [5.74, 6) is 0. The van der Waals surface area contributed by atoms with Gasteiger partial charge in [-0.2, -0.15) is 0 Å². The first-order valence-electron chi connectivity index (χ1n) is 4.39. The van der Waals surface area contributed by atoms with Crippen LogP contribution in [-0.2, 0) is 0 Å². The second-order valence-corrected chi connectivity index (χ2v) is 2.73. The first-order valence-corrected chi connectivity index (χ1v) is 4.39. The summed E-state index contributed by atoms with van der Waals surface area (Å²) in [6, 6.07) is 7.97. The molecule has 0 unspecified atom stereocenters. The highest BCUT2D eigenvalue weighted by molar-refractivity contribution is 6.35. The first kappa shape index (κ1) is 9.18. The Hall–Kier alpha value is -0.915. The molecule has 1 rings (SSSR count). The summed E-state index contributed by atoms with van der Waals surface area (Å²) in [6.07, 6.45) is 0. The molecule has 0 fully saturated rings. The normalized spacial score (nSPS) is 9.83. The van der Waals surface area contributed by atoms with Gasteiger partial charge in [0.2, 0.25) is 0 Å². The Kier molecular flexibility index (Phi) is 3.21. The maximum atomic E-state index is 5.83. The van der Waals surface area contributed by atoms with Crippen LogP contribution < -0.4 is 10.4 Å². The van der Waals surface area contributed by atoms with Crippen LogP contribution in [0.15, 0.2) is 24.3 Å². The lowest BCUT2D eigenvalue weighted by atomic mass is 9.93. The fourth-order valence-corrected chi connectivity index (χ4v) is 1.34. The lowest BCUT2D eigenvalue weighted by Gasteiger charge is -2.23. The average molecular weight is 159 g/mol. The highest BCUT2D eigenvalue weighted by atomic mass is 15.1. The van der Waals surface area contributed by atoms with Crippen molar-refractivity contribution in [3.8, 4) is 0 Å². The summed E-state index contributed by atoms with van der Waals surface area (Å²) >= 11 is 0. The molecule has 0 spiro atoms. The summed E-state index contributed by atoms with van der Waals surface area (Å²) in [6.45, 7) is 6.28. The lowest BCUT2D eigenvalue weighted by molar-refractivity contribution is 0.869. The van der Waals surface area contributed by atoms with Gasteiger partial charge in [-0.3, -0.25) is 0 Å². The number of benzene rings is 1. The van der Waals surface area contributed by atoms with E-state index in [1.165, 1.54) is 0 Å². The summed E-state index contributed by atoms with van der Waals surface area (Å²) < 4.78 is 0. The third kappa shape index (κ3) is 1.82. The molecule has 0 atom stereocenters. The van der Waals surface area contributed by atoms with Crippen molar-refractivity contribution in [3.05, 3.63) is 24.3 Å². The molecule has 1 aromatic rings. The van der Waals surface area contributed by atoms with Gasteiger partial charge in [0, 0.05) is 18.8 Å². The van der Waals surface area contributed by atoms with Crippen molar-refractivity contribution in [2.75, 3.05) is 18.0 Å². The van der Waals surface area contributed by atoms with E-state index in [2.05, 4.69) is 24.8 Å². The van der Waals surface area contributed by atoms with E-state index in [1.807, 2.05) is 18.2 Å². The predicted molar refractivity (Wildman–Crippen MR) is 55.4 cm³/mol. The second-order valence-electron chi connectivity index (χ2n) is 2.73. The Morgan fingerprint density at radius 2 is 1.75 bits per heavy atom. The van der Waals surface area contributed by atoms with Crippen LogP contribution in [0.1, 0.15) is 13.8 Å². The van der Waals surface area contributed by atoms with Crippen molar-refractivity contribution in [1.29, 1.82) is 0 Å². The van der Waals surface area contributed by atoms with Crippen molar-refractivity contribution in [3.63, 3.8) is 0 Å². The van der Waals surface area contributed by atoms with Crippen molar-refractivity contribution < 1.29 is 0 Å². The minimum Gasteiger partial charge on any atom is -0.373 e. The van der Waals surface area contributed by atoms with Crippen LogP contribution in [0.4, 0.5) is 5.69 Å².